The minimum absolute atomic E-state index is 0.672. The standard InChI is InChI=1S/C11H17BrN4/c1-7-5-16(6-8(7)2)10-9(12)4-14-11(13-3)15-10/h4,7-8H,5-6H2,1-3H3,(H,13,14,15). The van der Waals surface area contributed by atoms with Gasteiger partial charge in [-0.1, -0.05) is 13.8 Å². The molecule has 0 aliphatic carbocycles. The lowest BCUT2D eigenvalue weighted by molar-refractivity contribution is 0.494. The number of nitrogens with one attached hydrogen (secondary N) is 1. The maximum Gasteiger partial charge on any atom is 0.224 e. The molecule has 1 N–H and O–H groups in total. The van der Waals surface area contributed by atoms with Crippen LogP contribution in [0.15, 0.2) is 10.7 Å². The van der Waals surface area contributed by atoms with E-state index in [4.69, 9.17) is 0 Å². The van der Waals surface area contributed by atoms with E-state index >= 15 is 0 Å². The van der Waals surface area contributed by atoms with Gasteiger partial charge in [-0.25, -0.2) is 4.98 Å². The molecule has 2 atom stereocenters. The Kier molecular flexibility index (Phi) is 3.33. The molecule has 1 aliphatic heterocycles. The lowest BCUT2D eigenvalue weighted by Gasteiger charge is -2.18. The van der Waals surface area contributed by atoms with Gasteiger partial charge in [-0.05, 0) is 27.8 Å². The van der Waals surface area contributed by atoms with Crippen molar-refractivity contribution in [2.24, 2.45) is 11.8 Å². The zero-order chi connectivity index (χ0) is 11.7. The number of nitrogens with zero attached hydrogens (tertiary/aromatic N) is 3. The summed E-state index contributed by atoms with van der Waals surface area (Å²) >= 11 is 3.52. The van der Waals surface area contributed by atoms with E-state index in [1.165, 1.54) is 0 Å². The van der Waals surface area contributed by atoms with Crippen LogP contribution < -0.4 is 10.2 Å². The molecule has 0 bridgehead atoms. The number of halogens is 1. The third-order valence-electron chi connectivity index (χ3n) is 3.24. The maximum absolute atomic E-state index is 4.50. The maximum atomic E-state index is 4.50. The lowest BCUT2D eigenvalue weighted by atomic mass is 10.0. The van der Waals surface area contributed by atoms with E-state index in [0.717, 1.165) is 35.2 Å². The van der Waals surface area contributed by atoms with Crippen LogP contribution in [0.3, 0.4) is 0 Å². The van der Waals surface area contributed by atoms with Crippen LogP contribution in [0, 0.1) is 11.8 Å². The highest BCUT2D eigenvalue weighted by molar-refractivity contribution is 9.10. The summed E-state index contributed by atoms with van der Waals surface area (Å²) < 4.78 is 0.966. The number of anilines is 2. The normalized spacial score (nSPS) is 24.9. The molecule has 4 nitrogen and oxygen atoms in total. The summed E-state index contributed by atoms with van der Waals surface area (Å²) in [5.74, 6) is 3.11. The Labute approximate surface area is 105 Å². The SMILES string of the molecule is CNc1ncc(Br)c(N2CC(C)C(C)C2)n1. The largest absolute Gasteiger partial charge is 0.357 e. The zero-order valence-electron chi connectivity index (χ0n) is 9.87. The molecule has 0 saturated carbocycles. The number of rotatable bonds is 2. The van der Waals surface area contributed by atoms with E-state index in [0.29, 0.717) is 5.95 Å². The molecule has 5 heteroatoms. The Balaban J connectivity index is 2.26. The molecule has 16 heavy (non-hydrogen) atoms. The number of aromatic nitrogens is 2. The summed E-state index contributed by atoms with van der Waals surface area (Å²) in [6.45, 7) is 6.72. The van der Waals surface area contributed by atoms with Crippen LogP contribution >= 0.6 is 15.9 Å². The Hall–Kier alpha value is -0.840. The fourth-order valence-corrected chi connectivity index (χ4v) is 2.44. The van der Waals surface area contributed by atoms with Crippen molar-refractivity contribution in [3.8, 4) is 0 Å². The molecule has 1 aromatic rings. The molecule has 1 aromatic heterocycles. The monoisotopic (exact) mass is 284 g/mol. The van der Waals surface area contributed by atoms with Gasteiger partial charge < -0.3 is 10.2 Å². The smallest absolute Gasteiger partial charge is 0.224 e. The highest BCUT2D eigenvalue weighted by Gasteiger charge is 2.28. The second-order valence-electron chi connectivity index (χ2n) is 4.47. The predicted octanol–water partition coefficient (Wildman–Crippen LogP) is 2.37. The number of hydrogen-bond donors (Lipinski definition) is 1. The second-order valence-corrected chi connectivity index (χ2v) is 5.33. The van der Waals surface area contributed by atoms with Crippen molar-refractivity contribution in [2.45, 2.75) is 13.8 Å². The van der Waals surface area contributed by atoms with Crippen LogP contribution in [0.5, 0.6) is 0 Å². The first-order valence-corrected chi connectivity index (χ1v) is 6.36. The summed E-state index contributed by atoms with van der Waals surface area (Å²) in [7, 11) is 1.84. The van der Waals surface area contributed by atoms with Crippen molar-refractivity contribution in [2.75, 3.05) is 30.4 Å². The minimum Gasteiger partial charge on any atom is -0.357 e. The van der Waals surface area contributed by atoms with Gasteiger partial charge in [0.2, 0.25) is 5.95 Å². The first-order chi connectivity index (χ1) is 7.61. The molecule has 1 fully saturated rings. The molecule has 2 heterocycles. The Bertz CT molecular complexity index is 372. The van der Waals surface area contributed by atoms with E-state index < -0.39 is 0 Å². The van der Waals surface area contributed by atoms with Gasteiger partial charge in [-0.3, -0.25) is 0 Å². The van der Waals surface area contributed by atoms with Gasteiger partial charge in [0.25, 0.3) is 0 Å². The highest BCUT2D eigenvalue weighted by Crippen LogP contribution is 2.31. The quantitative estimate of drug-likeness (QED) is 0.905. The summed E-state index contributed by atoms with van der Waals surface area (Å²) in [6, 6.07) is 0. The van der Waals surface area contributed by atoms with Crippen LogP contribution in [0.1, 0.15) is 13.8 Å². The van der Waals surface area contributed by atoms with Crippen LogP contribution in [0.25, 0.3) is 0 Å². The first kappa shape index (κ1) is 11.6. The minimum atomic E-state index is 0.672. The zero-order valence-corrected chi connectivity index (χ0v) is 11.5. The van der Waals surface area contributed by atoms with Crippen molar-refractivity contribution in [1.82, 2.24) is 9.97 Å². The highest BCUT2D eigenvalue weighted by atomic mass is 79.9. The van der Waals surface area contributed by atoms with Crippen molar-refractivity contribution in [3.63, 3.8) is 0 Å². The third-order valence-corrected chi connectivity index (χ3v) is 3.80. The molecule has 2 rings (SSSR count). The van der Waals surface area contributed by atoms with Crippen molar-refractivity contribution in [1.29, 1.82) is 0 Å². The molecule has 0 radical (unpaired) electrons. The fourth-order valence-electron chi connectivity index (χ4n) is 2.00. The fraction of sp³-hybridized carbons (Fsp3) is 0.636. The second kappa shape index (κ2) is 4.57. The molecular weight excluding hydrogens is 268 g/mol. The molecule has 2 unspecified atom stereocenters. The van der Waals surface area contributed by atoms with E-state index in [1.54, 1.807) is 0 Å². The van der Waals surface area contributed by atoms with E-state index in [-0.39, 0.29) is 0 Å². The molecule has 0 aromatic carbocycles. The van der Waals surface area contributed by atoms with Crippen LogP contribution in [0.2, 0.25) is 0 Å². The van der Waals surface area contributed by atoms with Gasteiger partial charge in [0.05, 0.1) is 4.47 Å². The van der Waals surface area contributed by atoms with Gasteiger partial charge in [-0.2, -0.15) is 4.98 Å². The molecule has 1 aliphatic rings. The molecule has 0 amide bonds. The molecule has 1 saturated heterocycles. The van der Waals surface area contributed by atoms with E-state index in [9.17, 15) is 0 Å². The third kappa shape index (κ3) is 2.14. The van der Waals surface area contributed by atoms with Gasteiger partial charge in [0.1, 0.15) is 5.82 Å². The summed E-state index contributed by atoms with van der Waals surface area (Å²) in [5, 5.41) is 2.97. The Morgan fingerprint density at radius 1 is 1.38 bits per heavy atom. The number of hydrogen-bond acceptors (Lipinski definition) is 4. The van der Waals surface area contributed by atoms with Gasteiger partial charge in [-0.15, -0.1) is 0 Å². The average Bonchev–Trinajstić information content (AvgIpc) is 2.60. The van der Waals surface area contributed by atoms with Gasteiger partial charge >= 0.3 is 0 Å². The molecule has 88 valence electrons. The summed E-state index contributed by atoms with van der Waals surface area (Å²) in [5.41, 5.74) is 0. The van der Waals surface area contributed by atoms with Gasteiger partial charge in [0.15, 0.2) is 0 Å². The van der Waals surface area contributed by atoms with Crippen molar-refractivity contribution in [3.05, 3.63) is 10.7 Å². The van der Waals surface area contributed by atoms with E-state index in [2.05, 4.69) is 50.0 Å². The van der Waals surface area contributed by atoms with Crippen molar-refractivity contribution < 1.29 is 0 Å². The van der Waals surface area contributed by atoms with Crippen molar-refractivity contribution >= 4 is 27.7 Å². The Morgan fingerprint density at radius 2 is 2.00 bits per heavy atom. The summed E-state index contributed by atoms with van der Waals surface area (Å²) in [6.07, 6.45) is 1.81. The van der Waals surface area contributed by atoms with Crippen LogP contribution in [-0.2, 0) is 0 Å². The Morgan fingerprint density at radius 3 is 2.56 bits per heavy atom. The predicted molar refractivity (Wildman–Crippen MR) is 69.8 cm³/mol. The van der Waals surface area contributed by atoms with Gasteiger partial charge in [0, 0.05) is 26.3 Å². The summed E-state index contributed by atoms with van der Waals surface area (Å²) in [4.78, 5) is 11.0. The first-order valence-electron chi connectivity index (χ1n) is 5.57. The van der Waals surface area contributed by atoms with Crippen LogP contribution in [0.4, 0.5) is 11.8 Å². The van der Waals surface area contributed by atoms with Crippen LogP contribution in [-0.4, -0.2) is 30.1 Å². The topological polar surface area (TPSA) is 41.1 Å². The van der Waals surface area contributed by atoms with E-state index in [1.807, 2.05) is 13.2 Å². The molecule has 0 spiro atoms. The average molecular weight is 285 g/mol. The lowest BCUT2D eigenvalue weighted by Crippen LogP contribution is -2.21. The molecular formula is C11H17BrN4.